The molecule has 1 unspecified atom stereocenters. The van der Waals surface area contributed by atoms with Gasteiger partial charge in [-0.05, 0) is 44.0 Å². The summed E-state index contributed by atoms with van der Waals surface area (Å²) in [5, 5.41) is 3.39. The third-order valence-electron chi connectivity index (χ3n) is 3.19. The number of rotatable bonds is 4. The summed E-state index contributed by atoms with van der Waals surface area (Å²) in [6.07, 6.45) is 2.27. The van der Waals surface area contributed by atoms with Crippen LogP contribution in [0.3, 0.4) is 0 Å². The van der Waals surface area contributed by atoms with E-state index in [9.17, 15) is 0 Å². The zero-order valence-electron chi connectivity index (χ0n) is 9.95. The smallest absolute Gasteiger partial charge is 0.125 e. The maximum absolute atomic E-state index is 5.40. The average molecular weight is 221 g/mol. The number of ether oxygens (including phenoxy) is 2. The van der Waals surface area contributed by atoms with Gasteiger partial charge in [0.15, 0.2) is 0 Å². The quantitative estimate of drug-likeness (QED) is 0.841. The molecule has 1 aliphatic rings. The normalized spacial score (nSPS) is 19.8. The van der Waals surface area contributed by atoms with Crippen LogP contribution in [0.5, 0.6) is 11.5 Å². The van der Waals surface area contributed by atoms with E-state index in [1.165, 1.54) is 12.0 Å². The van der Waals surface area contributed by atoms with Crippen molar-refractivity contribution in [2.45, 2.75) is 12.8 Å². The zero-order valence-corrected chi connectivity index (χ0v) is 9.95. The van der Waals surface area contributed by atoms with Gasteiger partial charge in [0.25, 0.3) is 0 Å². The van der Waals surface area contributed by atoms with Crippen molar-refractivity contribution >= 4 is 0 Å². The monoisotopic (exact) mass is 221 g/mol. The second-order valence-corrected chi connectivity index (χ2v) is 4.20. The summed E-state index contributed by atoms with van der Waals surface area (Å²) in [4.78, 5) is 0. The molecule has 0 aromatic heterocycles. The van der Waals surface area contributed by atoms with Gasteiger partial charge in [-0.3, -0.25) is 0 Å². The minimum atomic E-state index is 0.699. The van der Waals surface area contributed by atoms with Gasteiger partial charge in [0.05, 0.1) is 14.2 Å². The van der Waals surface area contributed by atoms with E-state index in [1.807, 2.05) is 18.2 Å². The molecule has 88 valence electrons. The fourth-order valence-corrected chi connectivity index (χ4v) is 2.31. The molecule has 0 radical (unpaired) electrons. The Morgan fingerprint density at radius 3 is 2.44 bits per heavy atom. The molecule has 1 atom stereocenters. The molecule has 1 aromatic rings. The number of methoxy groups -OCH3 is 2. The first-order chi connectivity index (χ1) is 7.85. The standard InChI is InChI=1S/C13H19NO2/c1-15-12-4-3-5-13(16-2)11(12)8-10-6-7-14-9-10/h3-5,10,14H,6-9H2,1-2H3. The minimum Gasteiger partial charge on any atom is -0.496 e. The van der Waals surface area contributed by atoms with Crippen molar-refractivity contribution in [1.82, 2.24) is 5.32 Å². The molecular weight excluding hydrogens is 202 g/mol. The summed E-state index contributed by atoms with van der Waals surface area (Å²) in [6, 6.07) is 5.97. The van der Waals surface area contributed by atoms with E-state index in [0.29, 0.717) is 5.92 Å². The summed E-state index contributed by atoms with van der Waals surface area (Å²) in [6.45, 7) is 2.23. The van der Waals surface area contributed by atoms with E-state index in [0.717, 1.165) is 31.0 Å². The van der Waals surface area contributed by atoms with Crippen molar-refractivity contribution in [2.24, 2.45) is 5.92 Å². The van der Waals surface area contributed by atoms with E-state index in [2.05, 4.69) is 5.32 Å². The predicted molar refractivity (Wildman–Crippen MR) is 64.2 cm³/mol. The second kappa shape index (κ2) is 5.21. The molecule has 1 N–H and O–H groups in total. The molecule has 0 amide bonds. The van der Waals surface area contributed by atoms with E-state index < -0.39 is 0 Å². The molecule has 1 aromatic carbocycles. The summed E-state index contributed by atoms with van der Waals surface area (Å²) >= 11 is 0. The van der Waals surface area contributed by atoms with Gasteiger partial charge >= 0.3 is 0 Å². The molecule has 1 heterocycles. The SMILES string of the molecule is COc1cccc(OC)c1CC1CCNC1. The lowest BCUT2D eigenvalue weighted by molar-refractivity contribution is 0.379. The molecule has 3 nitrogen and oxygen atoms in total. The maximum Gasteiger partial charge on any atom is 0.125 e. The van der Waals surface area contributed by atoms with E-state index in [-0.39, 0.29) is 0 Å². The van der Waals surface area contributed by atoms with Gasteiger partial charge in [-0.1, -0.05) is 6.07 Å². The molecule has 0 spiro atoms. The van der Waals surface area contributed by atoms with Crippen molar-refractivity contribution in [1.29, 1.82) is 0 Å². The van der Waals surface area contributed by atoms with Gasteiger partial charge in [0, 0.05) is 5.56 Å². The number of benzene rings is 1. The molecule has 0 bridgehead atoms. The topological polar surface area (TPSA) is 30.5 Å². The Morgan fingerprint density at radius 1 is 1.25 bits per heavy atom. The number of nitrogens with one attached hydrogen (secondary N) is 1. The van der Waals surface area contributed by atoms with Crippen LogP contribution in [0.2, 0.25) is 0 Å². The van der Waals surface area contributed by atoms with Crippen molar-refractivity contribution in [3.63, 3.8) is 0 Å². The highest BCUT2D eigenvalue weighted by Gasteiger charge is 2.19. The van der Waals surface area contributed by atoms with Gasteiger partial charge in [0.1, 0.15) is 11.5 Å². The fourth-order valence-electron chi connectivity index (χ4n) is 2.31. The van der Waals surface area contributed by atoms with E-state index in [4.69, 9.17) is 9.47 Å². The van der Waals surface area contributed by atoms with Crippen LogP contribution >= 0.6 is 0 Å². The summed E-state index contributed by atoms with van der Waals surface area (Å²) in [5.74, 6) is 2.57. The minimum absolute atomic E-state index is 0.699. The predicted octanol–water partition coefficient (Wildman–Crippen LogP) is 1.86. The lowest BCUT2D eigenvalue weighted by Crippen LogP contribution is -2.11. The summed E-state index contributed by atoms with van der Waals surface area (Å²) < 4.78 is 10.8. The third-order valence-corrected chi connectivity index (χ3v) is 3.19. The largest absolute Gasteiger partial charge is 0.496 e. The van der Waals surface area contributed by atoms with Crippen molar-refractivity contribution in [2.75, 3.05) is 27.3 Å². The van der Waals surface area contributed by atoms with Crippen molar-refractivity contribution in [3.8, 4) is 11.5 Å². The number of hydrogen-bond acceptors (Lipinski definition) is 3. The molecule has 3 heteroatoms. The second-order valence-electron chi connectivity index (χ2n) is 4.20. The Hall–Kier alpha value is -1.22. The number of hydrogen-bond donors (Lipinski definition) is 1. The molecule has 1 saturated heterocycles. The van der Waals surface area contributed by atoms with Crippen LogP contribution in [-0.4, -0.2) is 27.3 Å². The van der Waals surface area contributed by atoms with Gasteiger partial charge < -0.3 is 14.8 Å². The fraction of sp³-hybridized carbons (Fsp3) is 0.538. The van der Waals surface area contributed by atoms with Gasteiger partial charge in [-0.2, -0.15) is 0 Å². The Bertz CT molecular complexity index is 324. The van der Waals surface area contributed by atoms with Crippen LogP contribution in [0.4, 0.5) is 0 Å². The highest BCUT2D eigenvalue weighted by atomic mass is 16.5. The van der Waals surface area contributed by atoms with Gasteiger partial charge in [-0.15, -0.1) is 0 Å². The average Bonchev–Trinajstić information content (AvgIpc) is 2.82. The molecular formula is C13H19NO2. The Balaban J connectivity index is 2.21. The summed E-state index contributed by atoms with van der Waals surface area (Å²) in [5.41, 5.74) is 1.20. The first-order valence-electron chi connectivity index (χ1n) is 5.75. The first-order valence-corrected chi connectivity index (χ1v) is 5.75. The van der Waals surface area contributed by atoms with Crippen LogP contribution in [0.25, 0.3) is 0 Å². The lowest BCUT2D eigenvalue weighted by atomic mass is 9.97. The van der Waals surface area contributed by atoms with Crippen LogP contribution in [0.15, 0.2) is 18.2 Å². The highest BCUT2D eigenvalue weighted by molar-refractivity contribution is 5.45. The molecule has 1 fully saturated rings. The van der Waals surface area contributed by atoms with Gasteiger partial charge in [-0.25, -0.2) is 0 Å². The first kappa shape index (κ1) is 11.3. The van der Waals surface area contributed by atoms with E-state index >= 15 is 0 Å². The highest BCUT2D eigenvalue weighted by Crippen LogP contribution is 2.31. The molecule has 0 aliphatic carbocycles. The molecule has 0 saturated carbocycles. The Morgan fingerprint density at radius 2 is 1.94 bits per heavy atom. The molecule has 1 aliphatic heterocycles. The van der Waals surface area contributed by atoms with Crippen molar-refractivity contribution in [3.05, 3.63) is 23.8 Å². The van der Waals surface area contributed by atoms with Crippen LogP contribution in [0, 0.1) is 5.92 Å². The van der Waals surface area contributed by atoms with Crippen LogP contribution in [-0.2, 0) is 6.42 Å². The third kappa shape index (κ3) is 2.30. The lowest BCUT2D eigenvalue weighted by Gasteiger charge is -2.15. The van der Waals surface area contributed by atoms with E-state index in [1.54, 1.807) is 14.2 Å². The zero-order chi connectivity index (χ0) is 11.4. The maximum atomic E-state index is 5.40. The summed E-state index contributed by atoms with van der Waals surface area (Å²) in [7, 11) is 3.43. The molecule has 16 heavy (non-hydrogen) atoms. The van der Waals surface area contributed by atoms with Gasteiger partial charge in [0.2, 0.25) is 0 Å². The van der Waals surface area contributed by atoms with Crippen molar-refractivity contribution < 1.29 is 9.47 Å². The molecule has 2 rings (SSSR count). The van der Waals surface area contributed by atoms with Crippen LogP contribution in [0.1, 0.15) is 12.0 Å². The Kier molecular flexibility index (Phi) is 3.67. The Labute approximate surface area is 96.8 Å². The van der Waals surface area contributed by atoms with Crippen LogP contribution < -0.4 is 14.8 Å².